The second kappa shape index (κ2) is 15.9. The lowest BCUT2D eigenvalue weighted by Crippen LogP contribution is -2.12. The SMILES string of the molecule is C/C=C(/C#CC(C)(C)C)S/C(=C/NCc1cncn1C)C(=O)OC.CC.CC. The van der Waals surface area contributed by atoms with Crippen LogP contribution in [0.3, 0.4) is 0 Å². The molecule has 0 aliphatic rings. The van der Waals surface area contributed by atoms with Crippen molar-refractivity contribution in [3.8, 4) is 11.8 Å². The van der Waals surface area contributed by atoms with Crippen molar-refractivity contribution in [3.63, 3.8) is 0 Å². The van der Waals surface area contributed by atoms with Crippen LogP contribution in [0.1, 0.15) is 61.1 Å². The van der Waals surface area contributed by atoms with Gasteiger partial charge in [0.1, 0.15) is 4.91 Å². The van der Waals surface area contributed by atoms with E-state index < -0.39 is 5.97 Å². The lowest BCUT2D eigenvalue weighted by atomic mass is 9.98. The van der Waals surface area contributed by atoms with Crippen LogP contribution < -0.4 is 5.32 Å². The van der Waals surface area contributed by atoms with Gasteiger partial charge >= 0.3 is 5.97 Å². The molecule has 1 N–H and O–H groups in total. The molecular weight excluding hydrogens is 370 g/mol. The van der Waals surface area contributed by atoms with Gasteiger partial charge in [-0.2, -0.15) is 0 Å². The molecule has 0 saturated heterocycles. The lowest BCUT2D eigenvalue weighted by molar-refractivity contribution is -0.135. The largest absolute Gasteiger partial charge is 0.465 e. The molecule has 158 valence electrons. The fourth-order valence-corrected chi connectivity index (χ4v) is 2.32. The Balaban J connectivity index is 0. The van der Waals surface area contributed by atoms with Crippen molar-refractivity contribution in [1.29, 1.82) is 0 Å². The van der Waals surface area contributed by atoms with Crippen LogP contribution in [0, 0.1) is 17.3 Å². The second-order valence-corrected chi connectivity index (χ2v) is 7.22. The van der Waals surface area contributed by atoms with E-state index in [0.29, 0.717) is 11.4 Å². The number of esters is 1. The van der Waals surface area contributed by atoms with Crippen molar-refractivity contribution in [2.45, 2.75) is 61.9 Å². The average molecular weight is 408 g/mol. The Kier molecular flexibility index (Phi) is 15.9. The normalized spacial score (nSPS) is 11.1. The van der Waals surface area contributed by atoms with E-state index >= 15 is 0 Å². The third-order valence-corrected chi connectivity index (χ3v) is 3.92. The third kappa shape index (κ3) is 12.3. The Morgan fingerprint density at radius 3 is 2.36 bits per heavy atom. The zero-order valence-electron chi connectivity index (χ0n) is 19.1. The molecule has 6 heteroatoms. The summed E-state index contributed by atoms with van der Waals surface area (Å²) < 4.78 is 6.77. The highest BCUT2D eigenvalue weighted by molar-refractivity contribution is 8.07. The van der Waals surface area contributed by atoms with Gasteiger partial charge in [-0.1, -0.05) is 57.4 Å². The molecule has 0 fully saturated rings. The fourth-order valence-electron chi connectivity index (χ4n) is 1.56. The zero-order chi connectivity index (χ0) is 22.2. The Bertz CT molecular complexity index is 687. The van der Waals surface area contributed by atoms with Crippen LogP contribution in [-0.4, -0.2) is 22.6 Å². The molecule has 0 aliphatic heterocycles. The number of aromatic nitrogens is 2. The van der Waals surface area contributed by atoms with Crippen LogP contribution in [0.15, 0.2) is 34.6 Å². The first-order valence-corrected chi connectivity index (χ1v) is 10.4. The summed E-state index contributed by atoms with van der Waals surface area (Å²) in [5, 5.41) is 3.13. The number of methoxy groups -OCH3 is 1. The van der Waals surface area contributed by atoms with Crippen LogP contribution in [-0.2, 0) is 23.1 Å². The Morgan fingerprint density at radius 1 is 1.32 bits per heavy atom. The van der Waals surface area contributed by atoms with Crippen LogP contribution in [0.2, 0.25) is 0 Å². The van der Waals surface area contributed by atoms with Gasteiger partial charge in [0.25, 0.3) is 0 Å². The van der Waals surface area contributed by atoms with Crippen molar-refractivity contribution in [2.24, 2.45) is 12.5 Å². The summed E-state index contributed by atoms with van der Waals surface area (Å²) in [5.74, 6) is 5.89. The molecule has 0 bridgehead atoms. The summed E-state index contributed by atoms with van der Waals surface area (Å²) in [7, 11) is 3.29. The molecule has 0 saturated carbocycles. The lowest BCUT2D eigenvalue weighted by Gasteiger charge is -2.09. The molecule has 1 aromatic heterocycles. The molecule has 1 aromatic rings. The second-order valence-electron chi connectivity index (χ2n) is 6.13. The first kappa shape index (κ1) is 28.1. The molecule has 0 unspecified atom stereocenters. The quantitative estimate of drug-likeness (QED) is 0.396. The van der Waals surface area contributed by atoms with Gasteiger partial charge in [0.15, 0.2) is 0 Å². The molecular formula is C22H37N3O2S. The fraction of sp³-hybridized carbons (Fsp3) is 0.545. The number of rotatable bonds is 6. The predicted octanol–water partition coefficient (Wildman–Crippen LogP) is 5.26. The number of allylic oxidation sites excluding steroid dienone is 2. The Morgan fingerprint density at radius 2 is 1.93 bits per heavy atom. The number of thioether (sulfide) groups is 1. The summed E-state index contributed by atoms with van der Waals surface area (Å²) in [6.07, 6.45) is 7.06. The van der Waals surface area contributed by atoms with E-state index in [1.807, 2.05) is 73.1 Å². The maximum Gasteiger partial charge on any atom is 0.346 e. The summed E-state index contributed by atoms with van der Waals surface area (Å²) in [6.45, 7) is 16.6. The molecule has 0 amide bonds. The van der Waals surface area contributed by atoms with Crippen LogP contribution >= 0.6 is 11.8 Å². The number of hydrogen-bond donors (Lipinski definition) is 1. The number of carbonyl (C=O) groups is 1. The summed E-state index contributed by atoms with van der Waals surface area (Å²) in [6, 6.07) is 0. The van der Waals surface area contributed by atoms with E-state index in [9.17, 15) is 4.79 Å². The van der Waals surface area contributed by atoms with Gasteiger partial charge in [0, 0.05) is 24.9 Å². The number of carbonyl (C=O) groups excluding carboxylic acids is 1. The number of ether oxygens (including phenoxy) is 1. The summed E-state index contributed by atoms with van der Waals surface area (Å²) in [4.78, 5) is 17.3. The minimum atomic E-state index is -0.394. The van der Waals surface area contributed by atoms with Gasteiger partial charge in [0.2, 0.25) is 0 Å². The number of nitrogens with one attached hydrogen (secondary N) is 1. The molecule has 1 heterocycles. The summed E-state index contributed by atoms with van der Waals surface area (Å²) in [5.41, 5.74) is 0.918. The van der Waals surface area contributed by atoms with Crippen molar-refractivity contribution < 1.29 is 9.53 Å². The first-order valence-electron chi connectivity index (χ1n) is 9.61. The maximum absolute atomic E-state index is 12.0. The van der Waals surface area contributed by atoms with Crippen molar-refractivity contribution in [1.82, 2.24) is 14.9 Å². The van der Waals surface area contributed by atoms with Crippen LogP contribution in [0.5, 0.6) is 0 Å². The van der Waals surface area contributed by atoms with Gasteiger partial charge in [-0.25, -0.2) is 9.78 Å². The Hall–Kier alpha value is -2.13. The topological polar surface area (TPSA) is 56.2 Å². The van der Waals surface area contributed by atoms with Gasteiger partial charge in [-0.15, -0.1) is 0 Å². The molecule has 0 aromatic carbocycles. The van der Waals surface area contributed by atoms with Crippen molar-refractivity contribution in [2.75, 3.05) is 7.11 Å². The average Bonchev–Trinajstić information content (AvgIpc) is 3.10. The predicted molar refractivity (Wildman–Crippen MR) is 121 cm³/mol. The van der Waals surface area contributed by atoms with Crippen molar-refractivity contribution in [3.05, 3.63) is 40.3 Å². The minimum absolute atomic E-state index is 0.0955. The van der Waals surface area contributed by atoms with E-state index in [0.717, 1.165) is 10.6 Å². The van der Waals surface area contributed by atoms with Crippen molar-refractivity contribution >= 4 is 17.7 Å². The zero-order valence-corrected chi connectivity index (χ0v) is 20.0. The molecule has 5 nitrogen and oxygen atoms in total. The molecule has 0 radical (unpaired) electrons. The van der Waals surface area contributed by atoms with E-state index in [-0.39, 0.29) is 5.41 Å². The van der Waals surface area contributed by atoms with E-state index in [4.69, 9.17) is 4.74 Å². The van der Waals surface area contributed by atoms with Crippen LogP contribution in [0.25, 0.3) is 0 Å². The number of imidazole rings is 1. The van der Waals surface area contributed by atoms with Gasteiger partial charge < -0.3 is 14.6 Å². The van der Waals surface area contributed by atoms with Crippen LogP contribution in [0.4, 0.5) is 0 Å². The van der Waals surface area contributed by atoms with Gasteiger partial charge in [0.05, 0.1) is 30.6 Å². The molecule has 28 heavy (non-hydrogen) atoms. The maximum atomic E-state index is 12.0. The molecule has 1 rings (SSSR count). The molecule has 0 aliphatic carbocycles. The number of hydrogen-bond acceptors (Lipinski definition) is 5. The third-order valence-electron chi connectivity index (χ3n) is 2.86. The molecule has 0 atom stereocenters. The highest BCUT2D eigenvalue weighted by Gasteiger charge is 2.13. The smallest absolute Gasteiger partial charge is 0.346 e. The number of nitrogens with zero attached hydrogens (tertiary/aromatic N) is 2. The monoisotopic (exact) mass is 407 g/mol. The van der Waals surface area contributed by atoms with E-state index in [1.54, 1.807) is 18.7 Å². The Labute approximate surface area is 176 Å². The van der Waals surface area contributed by atoms with E-state index in [2.05, 4.69) is 22.1 Å². The first-order chi connectivity index (χ1) is 13.3. The molecule has 0 spiro atoms. The minimum Gasteiger partial charge on any atom is -0.465 e. The number of aryl methyl sites for hydroxylation is 1. The summed E-state index contributed by atoms with van der Waals surface area (Å²) >= 11 is 1.29. The standard InChI is InChI=1S/C18H25N3O2S.2C2H6/c1-7-15(8-9-18(2,3)4)24-16(17(22)23-6)12-19-10-14-11-20-13-21(14)5;2*1-2/h7,11-13,19H,10H2,1-6H3;2*1-2H3/b15-7-,16-12+;;. The highest BCUT2D eigenvalue weighted by Crippen LogP contribution is 2.26. The highest BCUT2D eigenvalue weighted by atomic mass is 32.2. The van der Waals surface area contributed by atoms with E-state index in [1.165, 1.54) is 18.9 Å². The van der Waals surface area contributed by atoms with Gasteiger partial charge in [-0.3, -0.25) is 0 Å². The van der Waals surface area contributed by atoms with Gasteiger partial charge in [-0.05, 0) is 27.7 Å².